The summed E-state index contributed by atoms with van der Waals surface area (Å²) < 4.78 is 0. The Morgan fingerprint density at radius 1 is 1.13 bits per heavy atom. The molecule has 1 fully saturated rings. The lowest BCUT2D eigenvalue weighted by Crippen LogP contribution is -2.53. The van der Waals surface area contributed by atoms with Crippen molar-refractivity contribution in [3.8, 4) is 0 Å². The summed E-state index contributed by atoms with van der Waals surface area (Å²) in [5.74, 6) is -0.577. The first-order valence-electron chi connectivity index (χ1n) is 7.47. The molecule has 1 N–H and O–H groups in total. The Hall–Kier alpha value is -1.30. The number of halogens is 2. The minimum atomic E-state index is -1.18. The lowest BCUT2D eigenvalue weighted by molar-refractivity contribution is -0.147. The largest absolute Gasteiger partial charge is 0.339 e. The standard InChI is InChI=1S/C16H21Cl2N3O2/c1-16(2,15(23)21-9-7-20(3)8-10-21)14(22)19-12-6-4-5-11(17)13(12)18/h4-6H,7-10H2,1-3H3,(H,19,22). The highest BCUT2D eigenvalue weighted by atomic mass is 35.5. The van der Waals surface area contributed by atoms with Crippen molar-refractivity contribution in [2.75, 3.05) is 38.5 Å². The van der Waals surface area contributed by atoms with Gasteiger partial charge in [-0.05, 0) is 33.0 Å². The molecule has 0 saturated carbocycles. The van der Waals surface area contributed by atoms with Crippen molar-refractivity contribution < 1.29 is 9.59 Å². The van der Waals surface area contributed by atoms with Crippen molar-refractivity contribution in [3.63, 3.8) is 0 Å². The van der Waals surface area contributed by atoms with Crippen molar-refractivity contribution in [1.82, 2.24) is 9.80 Å². The van der Waals surface area contributed by atoms with Crippen molar-refractivity contribution in [2.24, 2.45) is 5.41 Å². The van der Waals surface area contributed by atoms with Crippen LogP contribution in [-0.4, -0.2) is 54.8 Å². The number of carbonyl (C=O) groups excluding carboxylic acids is 2. The Morgan fingerprint density at radius 3 is 2.35 bits per heavy atom. The molecule has 0 unspecified atom stereocenters. The van der Waals surface area contributed by atoms with Gasteiger partial charge in [0.15, 0.2) is 0 Å². The van der Waals surface area contributed by atoms with E-state index in [0.29, 0.717) is 23.8 Å². The molecule has 7 heteroatoms. The van der Waals surface area contributed by atoms with E-state index in [1.54, 1.807) is 36.9 Å². The Bertz CT molecular complexity index is 611. The van der Waals surface area contributed by atoms with Crippen LogP contribution in [0.15, 0.2) is 18.2 Å². The summed E-state index contributed by atoms with van der Waals surface area (Å²) in [7, 11) is 2.01. The fourth-order valence-electron chi connectivity index (χ4n) is 2.38. The van der Waals surface area contributed by atoms with Crippen LogP contribution < -0.4 is 5.32 Å². The first-order chi connectivity index (χ1) is 10.7. The molecule has 2 rings (SSSR count). The van der Waals surface area contributed by atoms with E-state index in [2.05, 4.69) is 10.2 Å². The quantitative estimate of drug-likeness (QED) is 0.846. The van der Waals surface area contributed by atoms with Crippen LogP contribution in [0.1, 0.15) is 13.8 Å². The first-order valence-corrected chi connectivity index (χ1v) is 8.22. The van der Waals surface area contributed by atoms with E-state index in [4.69, 9.17) is 23.2 Å². The summed E-state index contributed by atoms with van der Waals surface area (Å²) in [6, 6.07) is 4.99. The van der Waals surface area contributed by atoms with Gasteiger partial charge in [-0.1, -0.05) is 29.3 Å². The number of benzene rings is 1. The van der Waals surface area contributed by atoms with E-state index in [9.17, 15) is 9.59 Å². The number of anilines is 1. The normalized spacial score (nSPS) is 16.3. The molecule has 0 aliphatic carbocycles. The molecule has 2 amide bonds. The van der Waals surface area contributed by atoms with E-state index < -0.39 is 11.3 Å². The fraction of sp³-hybridized carbons (Fsp3) is 0.500. The van der Waals surface area contributed by atoms with Crippen LogP contribution >= 0.6 is 23.2 Å². The average molecular weight is 358 g/mol. The molecule has 0 radical (unpaired) electrons. The van der Waals surface area contributed by atoms with Gasteiger partial charge in [0, 0.05) is 26.2 Å². The third-order valence-electron chi connectivity index (χ3n) is 4.09. The fourth-order valence-corrected chi connectivity index (χ4v) is 2.73. The van der Waals surface area contributed by atoms with Crippen LogP contribution in [-0.2, 0) is 9.59 Å². The highest BCUT2D eigenvalue weighted by Crippen LogP contribution is 2.31. The van der Waals surface area contributed by atoms with Crippen LogP contribution in [0, 0.1) is 5.41 Å². The van der Waals surface area contributed by atoms with Crippen molar-refractivity contribution in [2.45, 2.75) is 13.8 Å². The van der Waals surface area contributed by atoms with Gasteiger partial charge in [0.1, 0.15) is 5.41 Å². The molecule has 1 aromatic carbocycles. The average Bonchev–Trinajstić information content (AvgIpc) is 2.51. The molecular weight excluding hydrogens is 337 g/mol. The molecule has 0 bridgehead atoms. The number of piperazine rings is 1. The molecule has 1 aliphatic rings. The summed E-state index contributed by atoms with van der Waals surface area (Å²) >= 11 is 12.0. The second kappa shape index (κ2) is 7.07. The molecule has 0 aromatic heterocycles. The predicted octanol–water partition coefficient (Wildman–Crippen LogP) is 2.73. The van der Waals surface area contributed by atoms with Crippen molar-refractivity contribution >= 4 is 40.7 Å². The number of likely N-dealkylation sites (N-methyl/N-ethyl adjacent to an activating group) is 1. The molecule has 1 aliphatic heterocycles. The lowest BCUT2D eigenvalue weighted by Gasteiger charge is -2.36. The summed E-state index contributed by atoms with van der Waals surface area (Å²) in [5, 5.41) is 3.33. The third kappa shape index (κ3) is 3.97. The molecule has 0 spiro atoms. The van der Waals surface area contributed by atoms with Gasteiger partial charge >= 0.3 is 0 Å². The van der Waals surface area contributed by atoms with Crippen LogP contribution in [0.5, 0.6) is 0 Å². The van der Waals surface area contributed by atoms with Crippen LogP contribution in [0.25, 0.3) is 0 Å². The maximum atomic E-state index is 12.7. The van der Waals surface area contributed by atoms with Gasteiger partial charge in [0.05, 0.1) is 15.7 Å². The monoisotopic (exact) mass is 357 g/mol. The Morgan fingerprint density at radius 2 is 1.74 bits per heavy atom. The topological polar surface area (TPSA) is 52.7 Å². The number of nitrogens with zero attached hydrogens (tertiary/aromatic N) is 2. The summed E-state index contributed by atoms with van der Waals surface area (Å²) in [4.78, 5) is 29.2. The SMILES string of the molecule is CN1CCN(C(=O)C(C)(C)C(=O)Nc2cccc(Cl)c2Cl)CC1. The van der Waals surface area contributed by atoms with Gasteiger partial charge in [-0.2, -0.15) is 0 Å². The summed E-state index contributed by atoms with van der Waals surface area (Å²) in [6.07, 6.45) is 0. The van der Waals surface area contributed by atoms with Crippen molar-refractivity contribution in [1.29, 1.82) is 0 Å². The highest BCUT2D eigenvalue weighted by Gasteiger charge is 2.40. The zero-order valence-electron chi connectivity index (χ0n) is 13.5. The van der Waals surface area contributed by atoms with Crippen molar-refractivity contribution in [3.05, 3.63) is 28.2 Å². The second-order valence-electron chi connectivity index (χ2n) is 6.28. The van der Waals surface area contributed by atoms with Crippen LogP contribution in [0.4, 0.5) is 5.69 Å². The molecule has 1 saturated heterocycles. The zero-order chi connectivity index (χ0) is 17.2. The predicted molar refractivity (Wildman–Crippen MR) is 92.9 cm³/mol. The molecular formula is C16H21Cl2N3O2. The molecule has 1 heterocycles. The molecule has 126 valence electrons. The highest BCUT2D eigenvalue weighted by molar-refractivity contribution is 6.44. The number of hydrogen-bond donors (Lipinski definition) is 1. The van der Waals surface area contributed by atoms with Gasteiger partial charge < -0.3 is 15.1 Å². The first kappa shape index (κ1) is 18.0. The number of amides is 2. The van der Waals surface area contributed by atoms with Gasteiger partial charge in [-0.25, -0.2) is 0 Å². The Kier molecular flexibility index (Phi) is 5.55. The Labute approximate surface area is 146 Å². The van der Waals surface area contributed by atoms with E-state index >= 15 is 0 Å². The number of carbonyl (C=O) groups is 2. The van der Waals surface area contributed by atoms with E-state index in [1.807, 2.05) is 7.05 Å². The zero-order valence-corrected chi connectivity index (χ0v) is 15.0. The molecule has 1 aromatic rings. The lowest BCUT2D eigenvalue weighted by atomic mass is 9.89. The molecule has 23 heavy (non-hydrogen) atoms. The minimum absolute atomic E-state index is 0.179. The molecule has 0 atom stereocenters. The third-order valence-corrected chi connectivity index (χ3v) is 4.91. The van der Waals surface area contributed by atoms with Gasteiger partial charge in [-0.3, -0.25) is 9.59 Å². The number of hydrogen-bond acceptors (Lipinski definition) is 3. The molecule has 5 nitrogen and oxygen atoms in total. The smallest absolute Gasteiger partial charge is 0.239 e. The summed E-state index contributed by atoms with van der Waals surface area (Å²) in [6.45, 7) is 6.13. The van der Waals surface area contributed by atoms with Gasteiger partial charge in [0.2, 0.25) is 11.8 Å². The Balaban J connectivity index is 2.10. The van der Waals surface area contributed by atoms with Gasteiger partial charge in [0.25, 0.3) is 0 Å². The van der Waals surface area contributed by atoms with Crippen LogP contribution in [0.2, 0.25) is 10.0 Å². The van der Waals surface area contributed by atoms with E-state index in [1.165, 1.54) is 0 Å². The number of rotatable bonds is 3. The maximum Gasteiger partial charge on any atom is 0.239 e. The second-order valence-corrected chi connectivity index (χ2v) is 7.06. The van der Waals surface area contributed by atoms with E-state index in [0.717, 1.165) is 13.1 Å². The van der Waals surface area contributed by atoms with Gasteiger partial charge in [-0.15, -0.1) is 0 Å². The maximum absolute atomic E-state index is 12.7. The summed E-state index contributed by atoms with van der Waals surface area (Å²) in [5.41, 5.74) is -0.773. The van der Waals surface area contributed by atoms with Crippen LogP contribution in [0.3, 0.4) is 0 Å². The number of nitrogens with one attached hydrogen (secondary N) is 1. The minimum Gasteiger partial charge on any atom is -0.339 e. The van der Waals surface area contributed by atoms with E-state index in [-0.39, 0.29) is 10.9 Å².